The molecule has 1 aromatic carbocycles. The molecule has 0 spiro atoms. The molecule has 3 N–H and O–H groups in total. The molecule has 0 fully saturated rings. The van der Waals surface area contributed by atoms with Crippen molar-refractivity contribution >= 4 is 27.5 Å². The number of halogens is 1. The van der Waals surface area contributed by atoms with Gasteiger partial charge in [0.05, 0.1) is 0 Å². The van der Waals surface area contributed by atoms with Gasteiger partial charge in [0.25, 0.3) is 0 Å². The topological polar surface area (TPSA) is 55.1 Å². The van der Waals surface area contributed by atoms with Gasteiger partial charge in [0, 0.05) is 16.6 Å². The molecule has 0 unspecified atom stereocenters. The van der Waals surface area contributed by atoms with Crippen LogP contribution in [0.3, 0.4) is 0 Å². The summed E-state index contributed by atoms with van der Waals surface area (Å²) in [6, 6.07) is 4.15. The molecule has 2 rings (SSSR count). The zero-order valence-electron chi connectivity index (χ0n) is 9.05. The molecule has 0 aliphatic carbocycles. The van der Waals surface area contributed by atoms with Crippen molar-refractivity contribution < 1.29 is 4.79 Å². The molecule has 0 saturated carbocycles. The second-order valence-corrected chi connectivity index (χ2v) is 4.96. The number of aryl methyl sites for hydroxylation is 2. The molecule has 4 heteroatoms. The highest BCUT2D eigenvalue weighted by Crippen LogP contribution is 2.31. The van der Waals surface area contributed by atoms with Crippen molar-refractivity contribution in [2.45, 2.75) is 25.7 Å². The van der Waals surface area contributed by atoms with Crippen molar-refractivity contribution in [2.24, 2.45) is 5.73 Å². The lowest BCUT2D eigenvalue weighted by molar-refractivity contribution is -0.116. The first-order chi connectivity index (χ1) is 7.70. The van der Waals surface area contributed by atoms with Crippen LogP contribution < -0.4 is 11.1 Å². The Morgan fingerprint density at radius 2 is 2.19 bits per heavy atom. The van der Waals surface area contributed by atoms with Crippen molar-refractivity contribution in [3.63, 3.8) is 0 Å². The van der Waals surface area contributed by atoms with Gasteiger partial charge in [0.1, 0.15) is 0 Å². The summed E-state index contributed by atoms with van der Waals surface area (Å²) in [7, 11) is 0. The average molecular weight is 283 g/mol. The summed E-state index contributed by atoms with van der Waals surface area (Å²) >= 11 is 3.50. The van der Waals surface area contributed by atoms with Crippen molar-refractivity contribution in [1.82, 2.24) is 0 Å². The maximum absolute atomic E-state index is 11.4. The quantitative estimate of drug-likeness (QED) is 0.893. The number of carbonyl (C=O) groups excluding carboxylic acids is 1. The molecular formula is C12H15BrN2O. The second-order valence-electron chi connectivity index (χ2n) is 4.04. The smallest absolute Gasteiger partial charge is 0.224 e. The third-order valence-electron chi connectivity index (χ3n) is 2.80. The van der Waals surface area contributed by atoms with E-state index in [9.17, 15) is 4.79 Å². The number of carbonyl (C=O) groups is 1. The highest BCUT2D eigenvalue weighted by atomic mass is 79.9. The van der Waals surface area contributed by atoms with Crippen molar-refractivity contribution in [2.75, 3.05) is 11.9 Å². The van der Waals surface area contributed by atoms with Crippen LogP contribution in [0, 0.1) is 0 Å². The fourth-order valence-electron chi connectivity index (χ4n) is 2.02. The van der Waals surface area contributed by atoms with Gasteiger partial charge in [-0.25, -0.2) is 0 Å². The van der Waals surface area contributed by atoms with Gasteiger partial charge in [0.2, 0.25) is 5.91 Å². The lowest BCUT2D eigenvalue weighted by Gasteiger charge is -2.20. The molecule has 1 aromatic rings. The Kier molecular flexibility index (Phi) is 3.61. The van der Waals surface area contributed by atoms with E-state index in [1.165, 1.54) is 11.1 Å². The van der Waals surface area contributed by atoms with Gasteiger partial charge in [-0.3, -0.25) is 4.79 Å². The highest BCUT2D eigenvalue weighted by Gasteiger charge is 2.18. The van der Waals surface area contributed by atoms with Crippen LogP contribution >= 0.6 is 15.9 Å². The lowest BCUT2D eigenvalue weighted by Crippen LogP contribution is -2.20. The molecule has 1 aliphatic heterocycles. The van der Waals surface area contributed by atoms with E-state index in [0.29, 0.717) is 13.0 Å². The lowest BCUT2D eigenvalue weighted by atomic mass is 9.97. The zero-order chi connectivity index (χ0) is 11.5. The fourth-order valence-corrected chi connectivity index (χ4v) is 2.58. The summed E-state index contributed by atoms with van der Waals surface area (Å²) in [6.07, 6.45) is 3.27. The molecule has 1 amide bonds. The Balaban J connectivity index is 2.35. The van der Waals surface area contributed by atoms with E-state index in [1.54, 1.807) is 0 Å². The summed E-state index contributed by atoms with van der Waals surface area (Å²) in [5.74, 6) is 0.115. The maximum Gasteiger partial charge on any atom is 0.224 e. The van der Waals surface area contributed by atoms with Gasteiger partial charge in [0.15, 0.2) is 0 Å². The Morgan fingerprint density at radius 1 is 1.38 bits per heavy atom. The number of amides is 1. The highest BCUT2D eigenvalue weighted by molar-refractivity contribution is 9.10. The standard InChI is InChI=1S/C12H15BrN2O/c13-10-6-8(2-1-5-14)12-9(7-10)3-4-11(16)15-12/h6-7H,1-5,14H2,(H,15,16). The van der Waals surface area contributed by atoms with E-state index in [1.807, 2.05) is 0 Å². The predicted octanol–water partition coefficient (Wildman–Crippen LogP) is 2.23. The summed E-state index contributed by atoms with van der Waals surface area (Å²) in [6.45, 7) is 0.676. The fraction of sp³-hybridized carbons (Fsp3) is 0.417. The largest absolute Gasteiger partial charge is 0.330 e. The van der Waals surface area contributed by atoms with Crippen molar-refractivity contribution in [3.8, 4) is 0 Å². The molecule has 0 radical (unpaired) electrons. The Labute approximate surface area is 104 Å². The number of anilines is 1. The number of hydrogen-bond acceptors (Lipinski definition) is 2. The van der Waals surface area contributed by atoms with Gasteiger partial charge in [-0.2, -0.15) is 0 Å². The van der Waals surface area contributed by atoms with Crippen LogP contribution in [-0.4, -0.2) is 12.5 Å². The summed E-state index contributed by atoms with van der Waals surface area (Å²) in [4.78, 5) is 11.4. The molecule has 0 aromatic heterocycles. The Morgan fingerprint density at radius 3 is 2.94 bits per heavy atom. The molecule has 1 heterocycles. The van der Waals surface area contributed by atoms with Crippen LogP contribution in [0.1, 0.15) is 24.0 Å². The van der Waals surface area contributed by atoms with Gasteiger partial charge in [-0.1, -0.05) is 15.9 Å². The molecule has 0 atom stereocenters. The first-order valence-corrected chi connectivity index (χ1v) is 6.31. The number of nitrogens with two attached hydrogens (primary N) is 1. The number of nitrogens with one attached hydrogen (secondary N) is 1. The van der Waals surface area contributed by atoms with E-state index >= 15 is 0 Å². The number of rotatable bonds is 3. The van der Waals surface area contributed by atoms with E-state index in [0.717, 1.165) is 29.4 Å². The second kappa shape index (κ2) is 4.97. The Hall–Kier alpha value is -0.870. The van der Waals surface area contributed by atoms with Gasteiger partial charge in [-0.15, -0.1) is 0 Å². The number of fused-ring (bicyclic) bond motifs is 1. The molecule has 86 valence electrons. The minimum Gasteiger partial charge on any atom is -0.330 e. The van der Waals surface area contributed by atoms with Gasteiger partial charge >= 0.3 is 0 Å². The first-order valence-electron chi connectivity index (χ1n) is 5.52. The molecule has 16 heavy (non-hydrogen) atoms. The minimum atomic E-state index is 0.115. The van der Waals surface area contributed by atoms with Crippen molar-refractivity contribution in [3.05, 3.63) is 27.7 Å². The molecule has 0 saturated heterocycles. The number of hydrogen-bond donors (Lipinski definition) is 2. The van der Waals surface area contributed by atoms with Gasteiger partial charge in [-0.05, 0) is 49.1 Å². The van der Waals surface area contributed by atoms with E-state index < -0.39 is 0 Å². The third kappa shape index (κ3) is 2.44. The van der Waals surface area contributed by atoms with E-state index in [4.69, 9.17) is 5.73 Å². The summed E-state index contributed by atoms with van der Waals surface area (Å²) in [5, 5.41) is 2.96. The van der Waals surface area contributed by atoms with Crippen LogP contribution in [0.2, 0.25) is 0 Å². The summed E-state index contributed by atoms with van der Waals surface area (Å²) in [5.41, 5.74) is 8.93. The minimum absolute atomic E-state index is 0.115. The SMILES string of the molecule is NCCCc1cc(Br)cc2c1NC(=O)CC2. The maximum atomic E-state index is 11.4. The zero-order valence-corrected chi connectivity index (χ0v) is 10.6. The van der Waals surface area contributed by atoms with E-state index in [-0.39, 0.29) is 5.91 Å². The van der Waals surface area contributed by atoms with Crippen LogP contribution in [0.4, 0.5) is 5.69 Å². The molecule has 1 aliphatic rings. The van der Waals surface area contributed by atoms with Crippen LogP contribution in [0.15, 0.2) is 16.6 Å². The van der Waals surface area contributed by atoms with Crippen LogP contribution in [0.5, 0.6) is 0 Å². The van der Waals surface area contributed by atoms with Crippen LogP contribution in [-0.2, 0) is 17.6 Å². The van der Waals surface area contributed by atoms with Gasteiger partial charge < -0.3 is 11.1 Å². The molecule has 0 bridgehead atoms. The first kappa shape index (κ1) is 11.6. The normalized spacial score (nSPS) is 14.5. The monoisotopic (exact) mass is 282 g/mol. The van der Waals surface area contributed by atoms with Crippen molar-refractivity contribution in [1.29, 1.82) is 0 Å². The van der Waals surface area contributed by atoms with E-state index in [2.05, 4.69) is 33.4 Å². The average Bonchev–Trinajstić information content (AvgIpc) is 2.26. The third-order valence-corrected chi connectivity index (χ3v) is 3.26. The Bertz CT molecular complexity index is 418. The number of benzene rings is 1. The molecule has 3 nitrogen and oxygen atoms in total. The van der Waals surface area contributed by atoms with Crippen LogP contribution in [0.25, 0.3) is 0 Å². The predicted molar refractivity (Wildman–Crippen MR) is 68.5 cm³/mol. The summed E-state index contributed by atoms with van der Waals surface area (Å²) < 4.78 is 1.08. The molecular weight excluding hydrogens is 268 g/mol.